The molecule has 6 nitrogen and oxygen atoms in total. The third-order valence-electron chi connectivity index (χ3n) is 4.54. The van der Waals surface area contributed by atoms with Gasteiger partial charge in [0.2, 0.25) is 0 Å². The summed E-state index contributed by atoms with van der Waals surface area (Å²) in [5.74, 6) is 0.267. The highest BCUT2D eigenvalue weighted by Gasteiger charge is 2.31. The fourth-order valence-electron chi connectivity index (χ4n) is 2.96. The average Bonchev–Trinajstić information content (AvgIpc) is 3.17. The largest absolute Gasteiger partial charge is 0.459 e. The van der Waals surface area contributed by atoms with E-state index < -0.39 is 0 Å². The van der Waals surface area contributed by atoms with Gasteiger partial charge in [0.15, 0.2) is 11.8 Å². The summed E-state index contributed by atoms with van der Waals surface area (Å²) in [5.41, 5.74) is 0.783. The number of amides is 2. The quantitative estimate of drug-likeness (QED) is 0.806. The molecule has 1 aliphatic rings. The first-order chi connectivity index (χ1) is 12.0. The number of halogens is 1. The summed E-state index contributed by atoms with van der Waals surface area (Å²) < 4.78 is 6.14. The zero-order valence-corrected chi connectivity index (χ0v) is 15.6. The standard InChI is InChI=1S/C18H20BrN3O3/c1-13(17(23)20-15-6-4-14(19)5-7-15)21-8-10-22(11-9-21)18(24)16-3-2-12-25-16/h2-7,12-13H,8-11H2,1H3,(H,20,23)/p+1/t13-/m0/s1. The highest BCUT2D eigenvalue weighted by Crippen LogP contribution is 2.14. The number of nitrogens with zero attached hydrogens (tertiary/aromatic N) is 1. The summed E-state index contributed by atoms with van der Waals surface area (Å²) in [6.45, 7) is 4.63. The molecule has 25 heavy (non-hydrogen) atoms. The third kappa shape index (κ3) is 4.29. The molecule has 1 aliphatic heterocycles. The van der Waals surface area contributed by atoms with E-state index in [2.05, 4.69) is 21.2 Å². The van der Waals surface area contributed by atoms with E-state index in [0.29, 0.717) is 18.8 Å². The molecule has 2 amide bonds. The van der Waals surface area contributed by atoms with Crippen molar-refractivity contribution >= 4 is 33.4 Å². The molecular weight excluding hydrogens is 386 g/mol. The van der Waals surface area contributed by atoms with Gasteiger partial charge in [-0.15, -0.1) is 0 Å². The van der Waals surface area contributed by atoms with E-state index in [-0.39, 0.29) is 17.9 Å². The van der Waals surface area contributed by atoms with Crippen molar-refractivity contribution in [2.75, 3.05) is 31.5 Å². The van der Waals surface area contributed by atoms with Gasteiger partial charge >= 0.3 is 0 Å². The Bertz CT molecular complexity index is 723. The molecule has 2 heterocycles. The molecule has 0 bridgehead atoms. The predicted molar refractivity (Wildman–Crippen MR) is 97.5 cm³/mol. The zero-order valence-electron chi connectivity index (χ0n) is 14.0. The van der Waals surface area contributed by atoms with Crippen LogP contribution in [-0.2, 0) is 4.79 Å². The van der Waals surface area contributed by atoms with Gasteiger partial charge in [0.25, 0.3) is 11.8 Å². The topological polar surface area (TPSA) is 67.0 Å². The molecular formula is C18H21BrN3O3+. The molecule has 0 spiro atoms. The van der Waals surface area contributed by atoms with Crippen LogP contribution in [0.25, 0.3) is 0 Å². The first kappa shape index (κ1) is 17.7. The second-order valence-electron chi connectivity index (χ2n) is 6.15. The van der Waals surface area contributed by atoms with E-state index in [1.54, 1.807) is 17.0 Å². The minimum atomic E-state index is -0.176. The van der Waals surface area contributed by atoms with Gasteiger partial charge < -0.3 is 19.5 Å². The molecule has 2 aromatic rings. The lowest BCUT2D eigenvalue weighted by atomic mass is 10.2. The molecule has 1 fully saturated rings. The fourth-order valence-corrected chi connectivity index (χ4v) is 3.22. The Labute approximate surface area is 154 Å². The molecule has 0 aliphatic carbocycles. The number of quaternary nitrogens is 1. The highest BCUT2D eigenvalue weighted by atomic mass is 79.9. The summed E-state index contributed by atoms with van der Waals surface area (Å²) in [4.78, 5) is 27.7. The Hall–Kier alpha value is -2.12. The van der Waals surface area contributed by atoms with Crippen LogP contribution in [0, 0.1) is 0 Å². The van der Waals surface area contributed by atoms with Crippen molar-refractivity contribution in [2.24, 2.45) is 0 Å². The number of carbonyl (C=O) groups excluding carboxylic acids is 2. The first-order valence-corrected chi connectivity index (χ1v) is 9.07. The lowest BCUT2D eigenvalue weighted by Crippen LogP contribution is -3.19. The number of hydrogen-bond donors (Lipinski definition) is 2. The van der Waals surface area contributed by atoms with Crippen LogP contribution in [0.4, 0.5) is 5.69 Å². The Kier molecular flexibility index (Phi) is 5.55. The number of carbonyl (C=O) groups is 2. The maximum Gasteiger partial charge on any atom is 0.289 e. The number of anilines is 1. The molecule has 0 saturated carbocycles. The van der Waals surface area contributed by atoms with Crippen LogP contribution in [0.3, 0.4) is 0 Å². The highest BCUT2D eigenvalue weighted by molar-refractivity contribution is 9.10. The predicted octanol–water partition coefficient (Wildman–Crippen LogP) is 1.41. The van der Waals surface area contributed by atoms with Crippen molar-refractivity contribution in [1.82, 2.24) is 4.90 Å². The number of benzene rings is 1. The van der Waals surface area contributed by atoms with Crippen molar-refractivity contribution in [2.45, 2.75) is 13.0 Å². The van der Waals surface area contributed by atoms with Gasteiger partial charge in [-0.25, -0.2) is 0 Å². The number of rotatable bonds is 4. The maximum absolute atomic E-state index is 12.5. The molecule has 0 unspecified atom stereocenters. The van der Waals surface area contributed by atoms with Gasteiger partial charge in [-0.1, -0.05) is 15.9 Å². The molecule has 7 heteroatoms. The third-order valence-corrected chi connectivity index (χ3v) is 5.07. The second kappa shape index (κ2) is 7.84. The van der Waals surface area contributed by atoms with E-state index in [9.17, 15) is 9.59 Å². The molecule has 1 aromatic carbocycles. The second-order valence-corrected chi connectivity index (χ2v) is 7.06. The molecule has 1 aromatic heterocycles. The van der Waals surface area contributed by atoms with Crippen molar-refractivity contribution in [3.63, 3.8) is 0 Å². The number of piperazine rings is 1. The molecule has 132 valence electrons. The fraction of sp³-hybridized carbons (Fsp3) is 0.333. The number of hydrogen-bond acceptors (Lipinski definition) is 3. The summed E-state index contributed by atoms with van der Waals surface area (Å²) in [7, 11) is 0. The minimum absolute atomic E-state index is 0.0110. The van der Waals surface area contributed by atoms with Crippen molar-refractivity contribution < 1.29 is 18.9 Å². The Balaban J connectivity index is 1.52. The lowest BCUT2D eigenvalue weighted by molar-refractivity contribution is -0.917. The molecule has 3 rings (SSSR count). The Morgan fingerprint density at radius 2 is 1.88 bits per heavy atom. The van der Waals surface area contributed by atoms with Crippen LogP contribution in [0.5, 0.6) is 0 Å². The minimum Gasteiger partial charge on any atom is -0.459 e. The van der Waals surface area contributed by atoms with Gasteiger partial charge in [0.1, 0.15) is 0 Å². The van der Waals surface area contributed by atoms with Crippen molar-refractivity contribution in [3.05, 3.63) is 52.9 Å². The van der Waals surface area contributed by atoms with Crippen LogP contribution >= 0.6 is 15.9 Å². The van der Waals surface area contributed by atoms with E-state index in [1.807, 2.05) is 31.2 Å². The molecule has 1 saturated heterocycles. The summed E-state index contributed by atoms with van der Waals surface area (Å²) in [6, 6.07) is 10.7. The Morgan fingerprint density at radius 1 is 1.20 bits per heavy atom. The van der Waals surface area contributed by atoms with Crippen LogP contribution in [0.1, 0.15) is 17.5 Å². The van der Waals surface area contributed by atoms with E-state index in [4.69, 9.17) is 4.42 Å². The van der Waals surface area contributed by atoms with Crippen LogP contribution < -0.4 is 10.2 Å². The SMILES string of the molecule is C[C@@H](C(=O)Nc1ccc(Br)cc1)[NH+]1CCN(C(=O)c2ccco2)CC1. The normalized spacial score (nSPS) is 16.5. The zero-order chi connectivity index (χ0) is 17.8. The van der Waals surface area contributed by atoms with E-state index in [1.165, 1.54) is 11.2 Å². The molecule has 1 atom stereocenters. The Morgan fingerprint density at radius 3 is 2.48 bits per heavy atom. The number of furan rings is 1. The van der Waals surface area contributed by atoms with Gasteiger partial charge in [-0.2, -0.15) is 0 Å². The smallest absolute Gasteiger partial charge is 0.289 e. The van der Waals surface area contributed by atoms with Crippen LogP contribution in [-0.4, -0.2) is 48.9 Å². The maximum atomic E-state index is 12.5. The molecule has 0 radical (unpaired) electrons. The van der Waals surface area contributed by atoms with Gasteiger partial charge in [-0.05, 0) is 43.3 Å². The number of nitrogens with one attached hydrogen (secondary N) is 2. The van der Waals surface area contributed by atoms with Gasteiger partial charge in [-0.3, -0.25) is 9.59 Å². The van der Waals surface area contributed by atoms with Gasteiger partial charge in [0.05, 0.1) is 32.4 Å². The summed E-state index contributed by atoms with van der Waals surface area (Å²) in [6.07, 6.45) is 1.50. The van der Waals surface area contributed by atoms with E-state index in [0.717, 1.165) is 23.2 Å². The van der Waals surface area contributed by atoms with Crippen LogP contribution in [0.2, 0.25) is 0 Å². The van der Waals surface area contributed by atoms with E-state index >= 15 is 0 Å². The van der Waals surface area contributed by atoms with Crippen LogP contribution in [0.15, 0.2) is 51.6 Å². The van der Waals surface area contributed by atoms with Crippen molar-refractivity contribution in [1.29, 1.82) is 0 Å². The molecule has 2 N–H and O–H groups in total. The summed E-state index contributed by atoms with van der Waals surface area (Å²) >= 11 is 3.38. The monoisotopic (exact) mass is 406 g/mol. The lowest BCUT2D eigenvalue weighted by Gasteiger charge is -2.34. The van der Waals surface area contributed by atoms with Gasteiger partial charge in [0, 0.05) is 10.2 Å². The summed E-state index contributed by atoms with van der Waals surface area (Å²) in [5, 5.41) is 2.95. The first-order valence-electron chi connectivity index (χ1n) is 8.28. The van der Waals surface area contributed by atoms with Crippen molar-refractivity contribution in [3.8, 4) is 0 Å². The average molecular weight is 407 g/mol.